The van der Waals surface area contributed by atoms with Crippen LogP contribution in [0.5, 0.6) is 0 Å². The molecule has 2 rings (SSSR count). The topological polar surface area (TPSA) is 55.1 Å². The first kappa shape index (κ1) is 12.2. The minimum Gasteiger partial charge on any atom is -0.432 e. The van der Waals surface area contributed by atoms with E-state index in [0.717, 1.165) is 18.2 Å². The highest BCUT2D eigenvalue weighted by atomic mass is 19.1. The molecule has 2 aromatic rings. The van der Waals surface area contributed by atoms with E-state index in [1.807, 2.05) is 6.92 Å². The molecule has 0 radical (unpaired) electrons. The first-order valence-corrected chi connectivity index (χ1v) is 5.31. The maximum atomic E-state index is 13.3. The average molecular weight is 252 g/mol. The number of carbonyl (C=O) groups excluding carboxylic acids is 1. The van der Waals surface area contributed by atoms with Crippen molar-refractivity contribution in [2.24, 2.45) is 0 Å². The molecule has 4 nitrogen and oxygen atoms in total. The maximum absolute atomic E-state index is 13.3. The zero-order valence-electron chi connectivity index (χ0n) is 9.54. The van der Waals surface area contributed by atoms with Crippen molar-refractivity contribution in [1.82, 2.24) is 4.98 Å². The Balaban J connectivity index is 2.19. The number of hydrogen-bond acceptors (Lipinski definition) is 3. The van der Waals surface area contributed by atoms with Gasteiger partial charge in [-0.2, -0.15) is 4.98 Å². The Hall–Kier alpha value is -2.24. The summed E-state index contributed by atoms with van der Waals surface area (Å²) in [6.07, 6.45) is 2.03. The van der Waals surface area contributed by atoms with Crippen LogP contribution < -0.4 is 5.32 Å². The van der Waals surface area contributed by atoms with Gasteiger partial charge in [0.2, 0.25) is 0 Å². The quantitative estimate of drug-likeness (QED) is 0.913. The van der Waals surface area contributed by atoms with E-state index >= 15 is 0 Å². The zero-order chi connectivity index (χ0) is 13.1. The van der Waals surface area contributed by atoms with Crippen molar-refractivity contribution in [3.63, 3.8) is 0 Å². The summed E-state index contributed by atoms with van der Waals surface area (Å²) in [5.41, 5.74) is 0.260. The zero-order valence-corrected chi connectivity index (χ0v) is 9.54. The molecule has 6 heteroatoms. The molecule has 0 saturated carbocycles. The molecule has 94 valence electrons. The van der Waals surface area contributed by atoms with E-state index in [1.165, 1.54) is 6.26 Å². The Morgan fingerprint density at radius 3 is 2.89 bits per heavy atom. The van der Waals surface area contributed by atoms with Gasteiger partial charge in [0.1, 0.15) is 17.9 Å². The summed E-state index contributed by atoms with van der Waals surface area (Å²) in [4.78, 5) is 15.6. The number of aromatic nitrogens is 1. The Bertz CT molecular complexity index is 581. The number of amides is 1. The Morgan fingerprint density at radius 2 is 2.22 bits per heavy atom. The van der Waals surface area contributed by atoms with Gasteiger partial charge < -0.3 is 4.42 Å². The molecule has 1 N–H and O–H groups in total. The fourth-order valence-corrected chi connectivity index (χ4v) is 1.36. The second-order valence-corrected chi connectivity index (χ2v) is 3.58. The maximum Gasteiger partial charge on any atom is 0.301 e. The van der Waals surface area contributed by atoms with Gasteiger partial charge in [0.15, 0.2) is 0 Å². The van der Waals surface area contributed by atoms with Gasteiger partial charge in [0.25, 0.3) is 5.91 Å². The minimum absolute atomic E-state index is 0.0412. The summed E-state index contributed by atoms with van der Waals surface area (Å²) in [6, 6.07) is 2.60. The van der Waals surface area contributed by atoms with E-state index in [9.17, 15) is 13.6 Å². The van der Waals surface area contributed by atoms with Crippen LogP contribution in [-0.2, 0) is 6.42 Å². The standard InChI is InChI=1S/C12H10F2N2O2/c1-2-8-6-18-12(15-8)16-11(17)9-5-7(13)3-4-10(9)14/h3-6H,2H2,1H3,(H,15,16,17). The van der Waals surface area contributed by atoms with Crippen LogP contribution in [0.4, 0.5) is 14.8 Å². The molecule has 1 heterocycles. The van der Waals surface area contributed by atoms with Crippen molar-refractivity contribution < 1.29 is 18.0 Å². The molecular formula is C12H10F2N2O2. The van der Waals surface area contributed by atoms with Crippen LogP contribution in [0.2, 0.25) is 0 Å². The van der Waals surface area contributed by atoms with Gasteiger partial charge in [-0.25, -0.2) is 8.78 Å². The molecule has 18 heavy (non-hydrogen) atoms. The summed E-state index contributed by atoms with van der Waals surface area (Å²) in [7, 11) is 0. The molecule has 0 bridgehead atoms. The third kappa shape index (κ3) is 2.53. The third-order valence-electron chi connectivity index (χ3n) is 2.31. The number of rotatable bonds is 3. The summed E-state index contributed by atoms with van der Waals surface area (Å²) in [5.74, 6) is -2.31. The lowest BCUT2D eigenvalue weighted by molar-refractivity contribution is 0.102. The van der Waals surface area contributed by atoms with Gasteiger partial charge >= 0.3 is 6.01 Å². The predicted molar refractivity (Wildman–Crippen MR) is 60.2 cm³/mol. The Labute approximate surface area is 102 Å². The second-order valence-electron chi connectivity index (χ2n) is 3.58. The molecule has 0 aliphatic rings. The monoisotopic (exact) mass is 252 g/mol. The van der Waals surface area contributed by atoms with Crippen molar-refractivity contribution in [1.29, 1.82) is 0 Å². The summed E-state index contributed by atoms with van der Waals surface area (Å²) in [5, 5.41) is 2.26. The number of hydrogen-bond donors (Lipinski definition) is 1. The SMILES string of the molecule is CCc1coc(NC(=O)c2cc(F)ccc2F)n1. The number of aryl methyl sites for hydroxylation is 1. The van der Waals surface area contributed by atoms with Crippen LogP contribution in [0, 0.1) is 11.6 Å². The molecule has 0 spiro atoms. The molecule has 1 aromatic heterocycles. The summed E-state index contributed by atoms with van der Waals surface area (Å²) >= 11 is 0. The number of benzene rings is 1. The van der Waals surface area contributed by atoms with E-state index in [0.29, 0.717) is 12.1 Å². The first-order chi connectivity index (χ1) is 8.60. The third-order valence-corrected chi connectivity index (χ3v) is 2.31. The van der Waals surface area contributed by atoms with E-state index in [1.54, 1.807) is 0 Å². The van der Waals surface area contributed by atoms with Gasteiger partial charge in [0, 0.05) is 0 Å². The van der Waals surface area contributed by atoms with E-state index in [2.05, 4.69) is 10.3 Å². The largest absolute Gasteiger partial charge is 0.432 e. The van der Waals surface area contributed by atoms with Crippen molar-refractivity contribution in [3.8, 4) is 0 Å². The van der Waals surface area contributed by atoms with Gasteiger partial charge in [-0.15, -0.1) is 0 Å². The second kappa shape index (κ2) is 4.95. The van der Waals surface area contributed by atoms with Crippen LogP contribution in [0.3, 0.4) is 0 Å². The normalized spacial score (nSPS) is 10.4. The highest BCUT2D eigenvalue weighted by molar-refractivity contribution is 6.03. The molecule has 0 aliphatic heterocycles. The number of oxazole rings is 1. The molecule has 0 fully saturated rings. The van der Waals surface area contributed by atoms with E-state index in [4.69, 9.17) is 4.42 Å². The molecule has 0 atom stereocenters. The fourth-order valence-electron chi connectivity index (χ4n) is 1.36. The van der Waals surface area contributed by atoms with Crippen molar-refractivity contribution in [2.45, 2.75) is 13.3 Å². The summed E-state index contributed by atoms with van der Waals surface area (Å²) < 4.78 is 31.2. The lowest BCUT2D eigenvalue weighted by atomic mass is 10.2. The Kier molecular flexibility index (Phi) is 3.36. The number of nitrogens with zero attached hydrogens (tertiary/aromatic N) is 1. The predicted octanol–water partition coefficient (Wildman–Crippen LogP) is 2.77. The molecule has 1 aromatic carbocycles. The molecule has 0 aliphatic carbocycles. The van der Waals surface area contributed by atoms with Crippen LogP contribution in [-0.4, -0.2) is 10.9 Å². The number of halogens is 2. The molecule has 1 amide bonds. The van der Waals surface area contributed by atoms with Crippen molar-refractivity contribution in [2.75, 3.05) is 5.32 Å². The average Bonchev–Trinajstić information content (AvgIpc) is 2.80. The summed E-state index contributed by atoms with van der Waals surface area (Å²) in [6.45, 7) is 1.87. The van der Waals surface area contributed by atoms with Crippen LogP contribution in [0.25, 0.3) is 0 Å². The molecule has 0 saturated heterocycles. The number of carbonyl (C=O) groups is 1. The number of nitrogens with one attached hydrogen (secondary N) is 1. The van der Waals surface area contributed by atoms with Gasteiger partial charge in [-0.05, 0) is 24.6 Å². The van der Waals surface area contributed by atoms with Crippen LogP contribution in [0.15, 0.2) is 28.9 Å². The van der Waals surface area contributed by atoms with E-state index in [-0.39, 0.29) is 6.01 Å². The lowest BCUT2D eigenvalue weighted by Crippen LogP contribution is -2.14. The fraction of sp³-hybridized carbons (Fsp3) is 0.167. The highest BCUT2D eigenvalue weighted by Gasteiger charge is 2.15. The lowest BCUT2D eigenvalue weighted by Gasteiger charge is -2.02. The van der Waals surface area contributed by atoms with Crippen LogP contribution in [0.1, 0.15) is 23.0 Å². The smallest absolute Gasteiger partial charge is 0.301 e. The highest BCUT2D eigenvalue weighted by Crippen LogP contribution is 2.13. The van der Waals surface area contributed by atoms with Crippen molar-refractivity contribution in [3.05, 3.63) is 47.4 Å². The van der Waals surface area contributed by atoms with Gasteiger partial charge in [0.05, 0.1) is 11.3 Å². The van der Waals surface area contributed by atoms with Gasteiger partial charge in [-0.1, -0.05) is 6.92 Å². The Morgan fingerprint density at radius 1 is 1.44 bits per heavy atom. The van der Waals surface area contributed by atoms with E-state index < -0.39 is 23.1 Å². The molecule has 0 unspecified atom stereocenters. The van der Waals surface area contributed by atoms with Gasteiger partial charge in [-0.3, -0.25) is 10.1 Å². The molecular weight excluding hydrogens is 242 g/mol. The number of anilines is 1. The van der Waals surface area contributed by atoms with Crippen molar-refractivity contribution >= 4 is 11.9 Å². The van der Waals surface area contributed by atoms with Crippen LogP contribution >= 0.6 is 0 Å². The first-order valence-electron chi connectivity index (χ1n) is 5.31. The minimum atomic E-state index is -0.809.